The van der Waals surface area contributed by atoms with Crippen molar-refractivity contribution in [1.29, 1.82) is 0 Å². The lowest BCUT2D eigenvalue weighted by atomic mass is 10.0. The van der Waals surface area contributed by atoms with E-state index < -0.39 is 60.5 Å². The van der Waals surface area contributed by atoms with Crippen molar-refractivity contribution >= 4 is 46.4 Å². The Morgan fingerprint density at radius 1 is 1.10 bits per heavy atom. The van der Waals surface area contributed by atoms with E-state index in [4.69, 9.17) is 31.1 Å². The molecule has 23 heteroatoms. The first-order valence-corrected chi connectivity index (χ1v) is 16.1. The molecule has 1 aliphatic heterocycles. The first-order valence-electron chi connectivity index (χ1n) is 11.6. The highest BCUT2D eigenvalue weighted by Gasteiger charge is 2.43. The van der Waals surface area contributed by atoms with Gasteiger partial charge in [0.15, 0.2) is 17.0 Å². The van der Waals surface area contributed by atoms with Crippen LogP contribution >= 0.6 is 23.5 Å². The Hall–Kier alpha value is -2.67. The van der Waals surface area contributed by atoms with Gasteiger partial charge >= 0.3 is 29.4 Å². The zero-order chi connectivity index (χ0) is 31.0. The van der Waals surface area contributed by atoms with E-state index in [1.165, 1.54) is 10.9 Å². The van der Waals surface area contributed by atoms with Crippen molar-refractivity contribution < 1.29 is 66.2 Å². The van der Waals surface area contributed by atoms with Gasteiger partial charge in [0, 0.05) is 12.0 Å². The molecule has 0 bridgehead atoms. The summed E-state index contributed by atoms with van der Waals surface area (Å²) >= 11 is 0. The molecule has 0 amide bonds. The average Bonchev–Trinajstić information content (AvgIpc) is 3.42. The molecule has 42 heavy (non-hydrogen) atoms. The van der Waals surface area contributed by atoms with Crippen molar-refractivity contribution in [2.24, 2.45) is 5.73 Å². The van der Waals surface area contributed by atoms with Gasteiger partial charge in [-0.3, -0.25) is 13.9 Å². The molecule has 3 heterocycles. The fraction of sp³-hybridized carbons (Fsp3) is 0.368. The zero-order valence-corrected chi connectivity index (χ0v) is 23.7. The van der Waals surface area contributed by atoms with Crippen molar-refractivity contribution in [3.05, 3.63) is 36.2 Å². The lowest BCUT2D eigenvalue weighted by molar-refractivity contribution is -0.138. The second-order valence-electron chi connectivity index (χ2n) is 8.90. The largest absolute Gasteiger partial charge is 0.490 e. The molecule has 6 atom stereocenters. The molecule has 1 saturated heterocycles. The van der Waals surface area contributed by atoms with E-state index in [9.17, 15) is 33.4 Å². The van der Waals surface area contributed by atoms with Crippen LogP contribution in [0.4, 0.5) is 5.82 Å². The van der Waals surface area contributed by atoms with E-state index >= 15 is 0 Å². The minimum absolute atomic E-state index is 0.0341. The van der Waals surface area contributed by atoms with Gasteiger partial charge in [-0.25, -0.2) is 28.6 Å². The first kappa shape index (κ1) is 32.2. The molecule has 20 nitrogen and oxygen atoms in total. The molecule has 0 radical (unpaired) electrons. The summed E-state index contributed by atoms with van der Waals surface area (Å²) in [4.78, 5) is 60.0. The number of hydrogen-bond donors (Lipinski definition) is 8. The molecule has 1 fully saturated rings. The predicted molar refractivity (Wildman–Crippen MR) is 139 cm³/mol. The Labute approximate surface area is 235 Å². The van der Waals surface area contributed by atoms with Gasteiger partial charge in [0.25, 0.3) is 0 Å². The maximum atomic E-state index is 12.1. The smallest absolute Gasteiger partial charge is 0.480 e. The molecule has 1 aromatic carbocycles. The van der Waals surface area contributed by atoms with Gasteiger partial charge in [0.05, 0.1) is 12.7 Å². The first-order chi connectivity index (χ1) is 19.4. The lowest BCUT2D eigenvalue weighted by Crippen LogP contribution is -2.32. The molecule has 230 valence electrons. The number of aliphatic hydroxyl groups excluding tert-OH is 1. The summed E-state index contributed by atoms with van der Waals surface area (Å²) in [5, 5.41) is 19.6. The topological polar surface area (TPSA) is 322 Å². The van der Waals surface area contributed by atoms with E-state index in [0.717, 1.165) is 0 Å². The van der Waals surface area contributed by atoms with Crippen molar-refractivity contribution in [3.8, 4) is 11.4 Å². The number of phosphoric ester groups is 1. The number of anilines is 1. The molecule has 4 rings (SSSR count). The van der Waals surface area contributed by atoms with Crippen LogP contribution < -0.4 is 11.5 Å². The SMILES string of the molecule is Nc1ncnc2c1nc(-c1ccc(C[C@H](N)C(=O)O)cc1)n2[C@H]1C[C@H](O)[C@@H](COP(=O)(O)OP(=O)(O)OP(=O)(O)O)O1. The maximum Gasteiger partial charge on any atom is 0.490 e. The van der Waals surface area contributed by atoms with Gasteiger partial charge in [0.2, 0.25) is 0 Å². The Bertz CT molecular complexity index is 1610. The van der Waals surface area contributed by atoms with Crippen molar-refractivity contribution in [2.45, 2.75) is 37.3 Å². The highest BCUT2D eigenvalue weighted by atomic mass is 31.3. The van der Waals surface area contributed by atoms with E-state index in [0.29, 0.717) is 11.1 Å². The zero-order valence-electron chi connectivity index (χ0n) is 21.1. The van der Waals surface area contributed by atoms with E-state index in [1.54, 1.807) is 24.3 Å². The number of nitrogen functional groups attached to an aromatic ring is 1. The number of hydrogen-bond acceptors (Lipinski definition) is 14. The van der Waals surface area contributed by atoms with Gasteiger partial charge in [-0.2, -0.15) is 8.62 Å². The number of phosphoric acid groups is 3. The molecule has 10 N–H and O–H groups in total. The molecule has 0 saturated carbocycles. The number of carboxylic acids is 1. The van der Waals surface area contributed by atoms with Crippen LogP contribution in [0.25, 0.3) is 22.6 Å². The van der Waals surface area contributed by atoms with Gasteiger partial charge in [0.1, 0.15) is 30.5 Å². The Morgan fingerprint density at radius 2 is 1.76 bits per heavy atom. The van der Waals surface area contributed by atoms with Gasteiger partial charge < -0.3 is 46.0 Å². The molecular formula is C19H25N6O14P3. The molecule has 0 spiro atoms. The molecule has 2 aromatic heterocycles. The second-order valence-corrected chi connectivity index (χ2v) is 13.3. The number of fused-ring (bicyclic) bond motifs is 1. The molecule has 0 aliphatic carbocycles. The van der Waals surface area contributed by atoms with Crippen LogP contribution in [0.1, 0.15) is 18.2 Å². The van der Waals surface area contributed by atoms with Crippen LogP contribution in [0.2, 0.25) is 0 Å². The number of benzene rings is 1. The molecule has 1 aliphatic rings. The second kappa shape index (κ2) is 12.1. The molecular weight excluding hydrogens is 629 g/mol. The quantitative estimate of drug-likeness (QED) is 0.119. The van der Waals surface area contributed by atoms with Crippen LogP contribution in [0.15, 0.2) is 30.6 Å². The summed E-state index contributed by atoms with van der Waals surface area (Å²) in [6, 6.07) is 5.47. The fourth-order valence-electron chi connectivity index (χ4n) is 4.03. The summed E-state index contributed by atoms with van der Waals surface area (Å²) in [5.41, 5.74) is 13.1. The average molecular weight is 654 g/mol. The molecule has 2 unspecified atom stereocenters. The fourth-order valence-corrected chi connectivity index (χ4v) is 7.06. The highest BCUT2D eigenvalue weighted by molar-refractivity contribution is 7.66. The summed E-state index contributed by atoms with van der Waals surface area (Å²) in [5.74, 6) is -0.863. The van der Waals surface area contributed by atoms with Crippen LogP contribution in [0, 0.1) is 0 Å². The summed E-state index contributed by atoms with van der Waals surface area (Å²) in [7, 11) is -16.8. The van der Waals surface area contributed by atoms with E-state index in [-0.39, 0.29) is 35.6 Å². The Morgan fingerprint density at radius 3 is 2.38 bits per heavy atom. The maximum absolute atomic E-state index is 12.1. The third-order valence-electron chi connectivity index (χ3n) is 5.80. The van der Waals surface area contributed by atoms with Crippen molar-refractivity contribution in [1.82, 2.24) is 19.5 Å². The van der Waals surface area contributed by atoms with Crippen molar-refractivity contribution in [2.75, 3.05) is 12.3 Å². The third kappa shape index (κ3) is 7.83. The lowest BCUT2D eigenvalue weighted by Gasteiger charge is -2.20. The normalized spacial score (nSPS) is 23.0. The Kier molecular flexibility index (Phi) is 9.32. The third-order valence-corrected chi connectivity index (χ3v) is 9.60. The number of imidazole rings is 1. The summed E-state index contributed by atoms with van der Waals surface area (Å²) in [6.07, 6.45) is -2.54. The number of nitrogens with zero attached hydrogens (tertiary/aromatic N) is 4. The number of aliphatic carboxylic acids is 1. The van der Waals surface area contributed by atoms with Gasteiger partial charge in [-0.05, 0) is 12.0 Å². The van der Waals surface area contributed by atoms with Crippen LogP contribution in [-0.4, -0.2) is 80.1 Å². The molecule has 3 aromatic rings. The minimum Gasteiger partial charge on any atom is -0.480 e. The Balaban J connectivity index is 1.56. The number of carboxylic acid groups (broad SMARTS) is 1. The number of aliphatic hydroxyl groups is 1. The van der Waals surface area contributed by atoms with Gasteiger partial charge in [-0.15, -0.1) is 0 Å². The van der Waals surface area contributed by atoms with Crippen LogP contribution in [-0.2, 0) is 42.8 Å². The summed E-state index contributed by atoms with van der Waals surface area (Å²) in [6.45, 7) is -0.876. The van der Waals surface area contributed by atoms with Crippen LogP contribution in [0.5, 0.6) is 0 Å². The van der Waals surface area contributed by atoms with Crippen LogP contribution in [0.3, 0.4) is 0 Å². The monoisotopic (exact) mass is 654 g/mol. The standard InChI is InChI=1S/C19H25N6O14P3/c20-11(19(27)28)5-9-1-3-10(4-2-9)17-24-15-16(21)22-8-23-18(15)25(17)14-6-12(26)13(37-14)7-36-41(32,33)39-42(34,35)38-40(29,30)31/h1-4,8,11-14,26H,5-7,20H2,(H,27,28)(H,32,33)(H,34,35)(H2,21,22,23)(H2,29,30,31)/t11-,12-,13+,14+/m0/s1. The van der Waals surface area contributed by atoms with Gasteiger partial charge in [-0.1, -0.05) is 24.3 Å². The minimum atomic E-state index is -5.73. The summed E-state index contributed by atoms with van der Waals surface area (Å²) < 4.78 is 53.7. The number of aromatic nitrogens is 4. The van der Waals surface area contributed by atoms with E-state index in [1.807, 2.05) is 0 Å². The highest BCUT2D eigenvalue weighted by Crippen LogP contribution is 2.66. The van der Waals surface area contributed by atoms with E-state index in [2.05, 4.69) is 28.1 Å². The van der Waals surface area contributed by atoms with Crippen molar-refractivity contribution in [3.63, 3.8) is 0 Å². The number of rotatable bonds is 12. The number of carbonyl (C=O) groups is 1. The number of ether oxygens (including phenoxy) is 1. The number of nitrogens with two attached hydrogens (primary N) is 2. The predicted octanol–water partition coefficient (Wildman–Crippen LogP) is 0.0216.